The first kappa shape index (κ1) is 34.3. The van der Waals surface area contributed by atoms with E-state index in [-0.39, 0.29) is 23.0 Å². The van der Waals surface area contributed by atoms with E-state index in [1.165, 1.54) is 12.3 Å². The molecular formula is C39H45F3N8O3. The van der Waals surface area contributed by atoms with Gasteiger partial charge in [0.25, 0.3) is 0 Å². The number of ether oxygens (including phenoxy) is 2. The number of nitrogen functional groups attached to an aromatic ring is 1. The number of rotatable bonds is 9. The van der Waals surface area contributed by atoms with Crippen LogP contribution in [0.25, 0.3) is 22.0 Å². The molecule has 0 radical (unpaired) electrons. The van der Waals surface area contributed by atoms with E-state index in [4.69, 9.17) is 30.6 Å². The Labute approximate surface area is 306 Å². The monoisotopic (exact) mass is 730 g/mol. The fourth-order valence-electron chi connectivity index (χ4n) is 9.17. The van der Waals surface area contributed by atoms with Crippen molar-refractivity contribution < 1.29 is 27.4 Å². The van der Waals surface area contributed by atoms with Gasteiger partial charge in [0, 0.05) is 97.6 Å². The normalized spacial score (nSPS) is 22.3. The Balaban J connectivity index is 1.16. The number of piperidine rings is 1. The molecule has 6 heterocycles. The number of aromatic nitrogens is 2. The van der Waals surface area contributed by atoms with Gasteiger partial charge in [0.2, 0.25) is 11.9 Å². The molecule has 1 amide bonds. The average molecular weight is 731 g/mol. The van der Waals surface area contributed by atoms with Gasteiger partial charge in [0.05, 0.1) is 13.2 Å². The van der Waals surface area contributed by atoms with Gasteiger partial charge in [0.1, 0.15) is 11.3 Å². The first-order valence-electron chi connectivity index (χ1n) is 18.6. The third-order valence-corrected chi connectivity index (χ3v) is 12.4. The summed E-state index contributed by atoms with van der Waals surface area (Å²) in [5.41, 5.74) is 10.6. The summed E-state index contributed by atoms with van der Waals surface area (Å²) in [6, 6.07) is 5.97. The number of benzene rings is 2. The SMILES string of the molecule is C=CC(=O)N1CC2(CCN(c3nc(N4CC(N5CC6(COC6)C5)C4)nc4c(OCC(F)(F)F)c(-c5c(C)ccc(N)c5C=N)c(C5CC5)cc34)CC2)C1. The zero-order chi connectivity index (χ0) is 36.9. The lowest BCUT2D eigenvalue weighted by Crippen LogP contribution is -2.73. The van der Waals surface area contributed by atoms with Gasteiger partial charge in [-0.25, -0.2) is 4.98 Å². The molecule has 3 aromatic rings. The predicted octanol–water partition coefficient (Wildman–Crippen LogP) is 5.14. The fourth-order valence-corrected chi connectivity index (χ4v) is 9.17. The molecule has 1 aliphatic carbocycles. The van der Waals surface area contributed by atoms with Gasteiger partial charge in [0.15, 0.2) is 12.4 Å². The van der Waals surface area contributed by atoms with Crippen LogP contribution in [-0.4, -0.2) is 116 Å². The van der Waals surface area contributed by atoms with Crippen molar-refractivity contribution in [2.45, 2.75) is 50.7 Å². The minimum atomic E-state index is -4.59. The second kappa shape index (κ2) is 12.3. The summed E-state index contributed by atoms with van der Waals surface area (Å²) >= 11 is 0. The van der Waals surface area contributed by atoms with Crippen LogP contribution >= 0.6 is 0 Å². The molecular weight excluding hydrogens is 685 g/mol. The highest BCUT2D eigenvalue weighted by Gasteiger charge is 2.53. The summed E-state index contributed by atoms with van der Waals surface area (Å²) < 4.78 is 53.6. The second-order valence-electron chi connectivity index (χ2n) is 16.3. The minimum Gasteiger partial charge on any atom is -0.481 e. The molecule has 0 bridgehead atoms. The van der Waals surface area contributed by atoms with Crippen LogP contribution in [0.2, 0.25) is 0 Å². The summed E-state index contributed by atoms with van der Waals surface area (Å²) in [5, 5.41) is 8.96. The molecule has 2 aromatic carbocycles. The molecule has 0 unspecified atom stereocenters. The van der Waals surface area contributed by atoms with E-state index < -0.39 is 12.8 Å². The summed E-state index contributed by atoms with van der Waals surface area (Å²) in [6.45, 7) is 11.9. The number of hydrogen-bond acceptors (Lipinski definition) is 10. The number of nitrogens with zero attached hydrogens (tertiary/aromatic N) is 6. The van der Waals surface area contributed by atoms with Gasteiger partial charge < -0.3 is 35.3 Å². The minimum absolute atomic E-state index is 0.0346. The van der Waals surface area contributed by atoms with E-state index >= 15 is 0 Å². The smallest absolute Gasteiger partial charge is 0.422 e. The summed E-state index contributed by atoms with van der Waals surface area (Å²) in [5.74, 6) is 1.28. The molecule has 5 aliphatic heterocycles. The standard InChI is InChI=1S/C39H45F3N8O3/c1-3-30(51)50-16-37(17-50)8-10-47(11-9-37)35-27-12-26(24-5-6-24)32(31-23(2)4-7-29(44)28(31)13-43)34(53-22-39(40,41)42)33(27)45-36(46-35)48-14-25(15-48)49-18-38(19-49)20-52-21-38/h3-4,7,12-13,24-25,43H,1,5-6,8-11,14-22,44H2,2H3. The molecule has 6 aliphatic rings. The Hall–Kier alpha value is -4.43. The number of nitrogens with one attached hydrogen (secondary N) is 1. The Morgan fingerprint density at radius 2 is 1.79 bits per heavy atom. The van der Waals surface area contributed by atoms with E-state index in [2.05, 4.69) is 27.3 Å². The number of carbonyl (C=O) groups excluding carboxylic acids is 1. The van der Waals surface area contributed by atoms with Crippen molar-refractivity contribution >= 4 is 40.5 Å². The molecule has 2 spiro atoms. The number of amides is 1. The van der Waals surface area contributed by atoms with E-state index in [0.717, 1.165) is 76.2 Å². The van der Waals surface area contributed by atoms with Gasteiger partial charge in [-0.05, 0) is 73.4 Å². The zero-order valence-corrected chi connectivity index (χ0v) is 30.0. The lowest BCUT2D eigenvalue weighted by molar-refractivity contribution is -0.199. The maximum Gasteiger partial charge on any atom is 0.422 e. The van der Waals surface area contributed by atoms with Crippen LogP contribution in [0.1, 0.15) is 48.3 Å². The molecule has 1 aromatic heterocycles. The maximum atomic E-state index is 14.1. The van der Waals surface area contributed by atoms with Crippen LogP contribution in [0.5, 0.6) is 5.75 Å². The van der Waals surface area contributed by atoms with Crippen molar-refractivity contribution in [3.8, 4) is 16.9 Å². The predicted molar refractivity (Wildman–Crippen MR) is 197 cm³/mol. The third-order valence-electron chi connectivity index (χ3n) is 12.4. The first-order valence-corrected chi connectivity index (χ1v) is 18.6. The van der Waals surface area contributed by atoms with E-state index in [9.17, 15) is 18.0 Å². The van der Waals surface area contributed by atoms with Crippen LogP contribution in [0, 0.1) is 23.2 Å². The number of fused-ring (bicyclic) bond motifs is 1. The highest BCUT2D eigenvalue weighted by Crippen LogP contribution is 2.53. The molecule has 280 valence electrons. The lowest BCUT2D eigenvalue weighted by atomic mass is 9.72. The largest absolute Gasteiger partial charge is 0.481 e. The molecule has 14 heteroatoms. The zero-order valence-electron chi connectivity index (χ0n) is 30.0. The molecule has 3 N–H and O–H groups in total. The molecule has 53 heavy (non-hydrogen) atoms. The van der Waals surface area contributed by atoms with Gasteiger partial charge in [-0.15, -0.1) is 0 Å². The maximum absolute atomic E-state index is 14.1. The Kier molecular flexibility index (Phi) is 7.97. The number of halogens is 3. The van der Waals surface area contributed by atoms with Crippen molar-refractivity contribution in [1.82, 2.24) is 19.8 Å². The molecule has 9 rings (SSSR count). The highest BCUT2D eigenvalue weighted by atomic mass is 19.4. The third kappa shape index (κ3) is 5.88. The summed E-state index contributed by atoms with van der Waals surface area (Å²) in [4.78, 5) is 31.2. The second-order valence-corrected chi connectivity index (χ2v) is 16.3. The fraction of sp³-hybridized carbons (Fsp3) is 0.538. The number of anilines is 3. The number of hydrogen-bond donors (Lipinski definition) is 2. The van der Waals surface area contributed by atoms with Crippen molar-refractivity contribution in [3.63, 3.8) is 0 Å². The quantitative estimate of drug-likeness (QED) is 0.175. The van der Waals surface area contributed by atoms with Crippen LogP contribution < -0.4 is 20.3 Å². The van der Waals surface area contributed by atoms with Crippen LogP contribution in [-0.2, 0) is 9.53 Å². The Morgan fingerprint density at radius 1 is 1.08 bits per heavy atom. The topological polar surface area (TPSA) is 124 Å². The van der Waals surface area contributed by atoms with Crippen LogP contribution in [0.4, 0.5) is 30.6 Å². The number of nitrogens with two attached hydrogens (primary N) is 1. The van der Waals surface area contributed by atoms with Crippen molar-refractivity contribution in [3.05, 3.63) is 47.5 Å². The number of likely N-dealkylation sites (tertiary alicyclic amines) is 2. The van der Waals surface area contributed by atoms with Crippen molar-refractivity contribution in [2.75, 3.05) is 87.7 Å². The molecule has 6 fully saturated rings. The lowest BCUT2D eigenvalue weighted by Gasteiger charge is -2.60. The van der Waals surface area contributed by atoms with Crippen LogP contribution in [0.15, 0.2) is 30.9 Å². The highest BCUT2D eigenvalue weighted by molar-refractivity contribution is 6.05. The number of aryl methyl sites for hydroxylation is 1. The molecule has 1 saturated carbocycles. The molecule has 0 atom stereocenters. The van der Waals surface area contributed by atoms with E-state index in [1.54, 1.807) is 6.07 Å². The molecule has 5 saturated heterocycles. The Bertz CT molecular complexity index is 2000. The van der Waals surface area contributed by atoms with Gasteiger partial charge in [-0.1, -0.05) is 12.6 Å². The van der Waals surface area contributed by atoms with Crippen molar-refractivity contribution in [1.29, 1.82) is 5.41 Å². The summed E-state index contributed by atoms with van der Waals surface area (Å²) in [7, 11) is 0. The first-order chi connectivity index (χ1) is 25.4. The van der Waals surface area contributed by atoms with Gasteiger partial charge in [-0.2, -0.15) is 18.2 Å². The average Bonchev–Trinajstić information content (AvgIpc) is 3.91. The van der Waals surface area contributed by atoms with Gasteiger partial charge in [-0.3, -0.25) is 9.69 Å². The van der Waals surface area contributed by atoms with Crippen LogP contribution in [0.3, 0.4) is 0 Å². The van der Waals surface area contributed by atoms with E-state index in [0.29, 0.717) is 82.7 Å². The van der Waals surface area contributed by atoms with Gasteiger partial charge >= 0.3 is 6.18 Å². The van der Waals surface area contributed by atoms with Crippen molar-refractivity contribution in [2.24, 2.45) is 10.8 Å². The number of carbonyl (C=O) groups is 1. The summed E-state index contributed by atoms with van der Waals surface area (Å²) in [6.07, 6.45) is 1.43. The van der Waals surface area contributed by atoms with E-state index in [1.807, 2.05) is 17.9 Å². The Morgan fingerprint density at radius 3 is 2.40 bits per heavy atom. The molecule has 11 nitrogen and oxygen atoms in total. The number of alkyl halides is 3.